The molecule has 0 saturated carbocycles. The smallest absolute Gasteiger partial charge is 0.0437 e. The highest BCUT2D eigenvalue weighted by Crippen LogP contribution is 2.29. The average Bonchev–Trinajstić information content (AvgIpc) is 2.54. The minimum absolute atomic E-state index is 0.667. The third-order valence-corrected chi connectivity index (χ3v) is 3.44. The van der Waals surface area contributed by atoms with E-state index in [2.05, 4.69) is 47.2 Å². The van der Waals surface area contributed by atoms with Gasteiger partial charge in [0.15, 0.2) is 0 Å². The van der Waals surface area contributed by atoms with E-state index in [1.807, 2.05) is 0 Å². The van der Waals surface area contributed by atoms with Crippen molar-refractivity contribution in [2.75, 3.05) is 18.8 Å². The summed E-state index contributed by atoms with van der Waals surface area (Å²) in [7, 11) is 2.07. The number of nitrogens with zero attached hydrogens (tertiary/aromatic N) is 1. The van der Waals surface area contributed by atoms with E-state index >= 15 is 0 Å². The average molecular weight is 182 g/mol. The van der Waals surface area contributed by atoms with Crippen LogP contribution in [0.4, 0.5) is 0 Å². The lowest BCUT2D eigenvalue weighted by molar-refractivity contribution is 0.688. The Morgan fingerprint density at radius 1 is 1.67 bits per heavy atom. The van der Waals surface area contributed by atoms with Crippen LogP contribution in [-0.4, -0.2) is 23.4 Å². The highest BCUT2D eigenvalue weighted by molar-refractivity contribution is 7.99. The number of hydrogen-bond donors (Lipinski definition) is 1. The minimum atomic E-state index is 0.667. The summed E-state index contributed by atoms with van der Waals surface area (Å²) in [4.78, 5) is 0. The first-order valence-corrected chi connectivity index (χ1v) is 5.35. The summed E-state index contributed by atoms with van der Waals surface area (Å²) in [6.45, 7) is 2.28. The molecular weight excluding hydrogens is 168 g/mol. The first-order chi connectivity index (χ1) is 5.86. The zero-order chi connectivity index (χ0) is 8.39. The van der Waals surface area contributed by atoms with Gasteiger partial charge in [0.25, 0.3) is 0 Å². The summed E-state index contributed by atoms with van der Waals surface area (Å²) in [5.41, 5.74) is 1.45. The lowest BCUT2D eigenvalue weighted by atomic mass is 10.2. The van der Waals surface area contributed by atoms with Gasteiger partial charge in [-0.15, -0.1) is 0 Å². The molecule has 1 atom stereocenters. The molecule has 3 heteroatoms. The molecule has 1 unspecified atom stereocenters. The Morgan fingerprint density at radius 2 is 2.58 bits per heavy atom. The summed E-state index contributed by atoms with van der Waals surface area (Å²) in [5, 5.41) is 4.08. The molecule has 1 N–H and O–H groups in total. The third-order valence-electron chi connectivity index (χ3n) is 2.15. The number of hydrogen-bond acceptors (Lipinski definition) is 2. The van der Waals surface area contributed by atoms with Gasteiger partial charge in [-0.25, -0.2) is 0 Å². The molecule has 12 heavy (non-hydrogen) atoms. The predicted molar refractivity (Wildman–Crippen MR) is 53.5 cm³/mol. The number of nitrogens with one attached hydrogen (secondary N) is 1. The molecule has 1 saturated heterocycles. The first-order valence-electron chi connectivity index (χ1n) is 4.30. The van der Waals surface area contributed by atoms with E-state index in [0.29, 0.717) is 5.25 Å². The van der Waals surface area contributed by atoms with E-state index in [-0.39, 0.29) is 0 Å². The van der Waals surface area contributed by atoms with E-state index in [4.69, 9.17) is 0 Å². The molecule has 1 aliphatic heterocycles. The molecule has 0 aliphatic carbocycles. The number of rotatable bonds is 1. The Balaban J connectivity index is 2.08. The predicted octanol–water partition coefficient (Wildman–Crippen LogP) is 1.40. The Hall–Kier alpha value is -0.410. The summed E-state index contributed by atoms with van der Waals surface area (Å²) in [6, 6.07) is 2.21. The molecule has 1 fully saturated rings. The second kappa shape index (κ2) is 3.54. The first kappa shape index (κ1) is 8.20. The SMILES string of the molecule is Cn1ccc(C2CNCCS2)c1. The van der Waals surface area contributed by atoms with E-state index in [0.717, 1.165) is 13.1 Å². The summed E-state index contributed by atoms with van der Waals surface area (Å²) < 4.78 is 2.12. The highest BCUT2D eigenvalue weighted by atomic mass is 32.2. The van der Waals surface area contributed by atoms with Crippen LogP contribution >= 0.6 is 11.8 Å². The second-order valence-corrected chi connectivity index (χ2v) is 4.48. The fraction of sp³-hybridized carbons (Fsp3) is 0.556. The quantitative estimate of drug-likeness (QED) is 0.707. The van der Waals surface area contributed by atoms with Gasteiger partial charge in [0, 0.05) is 43.5 Å². The highest BCUT2D eigenvalue weighted by Gasteiger charge is 2.15. The van der Waals surface area contributed by atoms with Crippen LogP contribution in [0, 0.1) is 0 Å². The maximum absolute atomic E-state index is 3.41. The van der Waals surface area contributed by atoms with Gasteiger partial charge >= 0.3 is 0 Å². The molecule has 0 radical (unpaired) electrons. The summed E-state index contributed by atoms with van der Waals surface area (Å²) in [5.74, 6) is 1.24. The maximum atomic E-state index is 3.41. The van der Waals surface area contributed by atoms with Crippen molar-refractivity contribution < 1.29 is 0 Å². The molecule has 2 heterocycles. The van der Waals surface area contributed by atoms with Gasteiger partial charge in [0.05, 0.1) is 0 Å². The van der Waals surface area contributed by atoms with E-state index in [1.54, 1.807) is 0 Å². The number of aryl methyl sites for hydroxylation is 1. The molecular formula is C9H14N2S. The monoisotopic (exact) mass is 182 g/mol. The standard InChI is InChI=1S/C9H14N2S/c1-11-4-2-8(7-11)9-6-10-3-5-12-9/h2,4,7,9-10H,3,5-6H2,1H3. The van der Waals surface area contributed by atoms with Crippen LogP contribution in [0.2, 0.25) is 0 Å². The van der Waals surface area contributed by atoms with Gasteiger partial charge in [-0.3, -0.25) is 0 Å². The minimum Gasteiger partial charge on any atom is -0.357 e. The Labute approximate surface area is 77.3 Å². The molecule has 0 amide bonds. The fourth-order valence-corrected chi connectivity index (χ4v) is 2.61. The Bertz CT molecular complexity index is 251. The Morgan fingerprint density at radius 3 is 3.17 bits per heavy atom. The van der Waals surface area contributed by atoms with Crippen molar-refractivity contribution >= 4 is 11.8 Å². The van der Waals surface area contributed by atoms with Crippen LogP contribution in [0.25, 0.3) is 0 Å². The van der Waals surface area contributed by atoms with Gasteiger partial charge < -0.3 is 9.88 Å². The van der Waals surface area contributed by atoms with Crippen LogP contribution in [0.5, 0.6) is 0 Å². The van der Waals surface area contributed by atoms with Crippen molar-refractivity contribution in [1.82, 2.24) is 9.88 Å². The third kappa shape index (κ3) is 1.67. The van der Waals surface area contributed by atoms with Crippen molar-refractivity contribution in [3.8, 4) is 0 Å². The van der Waals surface area contributed by atoms with Crippen molar-refractivity contribution in [3.05, 3.63) is 24.0 Å². The normalized spacial score (nSPS) is 24.2. The molecule has 0 spiro atoms. The zero-order valence-corrected chi connectivity index (χ0v) is 8.10. The van der Waals surface area contributed by atoms with Crippen LogP contribution < -0.4 is 5.32 Å². The van der Waals surface area contributed by atoms with Crippen molar-refractivity contribution in [2.24, 2.45) is 7.05 Å². The summed E-state index contributed by atoms with van der Waals surface area (Å²) in [6.07, 6.45) is 4.33. The van der Waals surface area contributed by atoms with Gasteiger partial charge in [0.1, 0.15) is 0 Å². The molecule has 1 aromatic rings. The van der Waals surface area contributed by atoms with Gasteiger partial charge in [-0.1, -0.05) is 0 Å². The fourth-order valence-electron chi connectivity index (χ4n) is 1.49. The zero-order valence-electron chi connectivity index (χ0n) is 7.29. The molecule has 2 rings (SSSR count). The van der Waals surface area contributed by atoms with Gasteiger partial charge in [-0.05, 0) is 11.6 Å². The topological polar surface area (TPSA) is 17.0 Å². The number of thioether (sulfide) groups is 1. The second-order valence-electron chi connectivity index (χ2n) is 3.17. The van der Waals surface area contributed by atoms with Crippen LogP contribution in [0.15, 0.2) is 18.5 Å². The summed E-state index contributed by atoms with van der Waals surface area (Å²) >= 11 is 2.05. The molecule has 0 aromatic carbocycles. The number of aromatic nitrogens is 1. The van der Waals surface area contributed by atoms with Crippen LogP contribution in [0.3, 0.4) is 0 Å². The molecule has 1 aromatic heterocycles. The lowest BCUT2D eigenvalue weighted by Gasteiger charge is -2.21. The molecule has 0 bridgehead atoms. The lowest BCUT2D eigenvalue weighted by Crippen LogP contribution is -2.27. The van der Waals surface area contributed by atoms with Crippen LogP contribution in [-0.2, 0) is 7.05 Å². The van der Waals surface area contributed by atoms with E-state index in [1.165, 1.54) is 11.3 Å². The Kier molecular flexibility index (Phi) is 2.42. The molecule has 1 aliphatic rings. The van der Waals surface area contributed by atoms with Crippen LogP contribution in [0.1, 0.15) is 10.8 Å². The van der Waals surface area contributed by atoms with Crippen molar-refractivity contribution in [1.29, 1.82) is 0 Å². The van der Waals surface area contributed by atoms with E-state index < -0.39 is 0 Å². The van der Waals surface area contributed by atoms with Crippen molar-refractivity contribution in [3.63, 3.8) is 0 Å². The largest absolute Gasteiger partial charge is 0.357 e. The van der Waals surface area contributed by atoms with Gasteiger partial charge in [-0.2, -0.15) is 11.8 Å². The molecule has 66 valence electrons. The van der Waals surface area contributed by atoms with E-state index in [9.17, 15) is 0 Å². The maximum Gasteiger partial charge on any atom is 0.0437 e. The van der Waals surface area contributed by atoms with Crippen molar-refractivity contribution in [2.45, 2.75) is 5.25 Å². The molecule has 2 nitrogen and oxygen atoms in total. The van der Waals surface area contributed by atoms with Gasteiger partial charge in [0.2, 0.25) is 0 Å².